The van der Waals surface area contributed by atoms with Crippen molar-refractivity contribution in [2.75, 3.05) is 0 Å². The maximum atomic E-state index is 12.0. The molecule has 1 heterocycles. The lowest BCUT2D eigenvalue weighted by molar-refractivity contribution is -0.125. The van der Waals surface area contributed by atoms with Gasteiger partial charge in [0.15, 0.2) is 0 Å². The quantitative estimate of drug-likeness (QED) is 0.874. The number of aryl methyl sites for hydroxylation is 3. The van der Waals surface area contributed by atoms with Gasteiger partial charge in [-0.15, -0.1) is 0 Å². The predicted octanol–water partition coefficient (Wildman–Crippen LogP) is 3.84. The molecule has 2 aromatic rings. The summed E-state index contributed by atoms with van der Waals surface area (Å²) in [6.07, 6.45) is 3.55. The average molecular weight is 333 g/mol. The van der Waals surface area contributed by atoms with Gasteiger partial charge in [0.1, 0.15) is 5.76 Å². The monoisotopic (exact) mass is 332 g/mol. The van der Waals surface area contributed by atoms with E-state index in [0.717, 1.165) is 53.3 Å². The van der Waals surface area contributed by atoms with Crippen LogP contribution in [-0.4, -0.2) is 11.1 Å². The molecule has 1 N–H and O–H groups in total. The first-order valence-electron chi connectivity index (χ1n) is 7.94. The first-order valence-corrected chi connectivity index (χ1v) is 8.32. The highest BCUT2D eigenvalue weighted by molar-refractivity contribution is 6.31. The molecule has 1 aliphatic rings. The number of benzene rings is 1. The van der Waals surface area contributed by atoms with Gasteiger partial charge in [-0.2, -0.15) is 0 Å². The number of hydrogen-bond donors (Lipinski definition) is 1. The highest BCUT2D eigenvalue weighted by Gasteiger charge is 2.44. The number of rotatable bonds is 6. The van der Waals surface area contributed by atoms with Crippen LogP contribution in [0.1, 0.15) is 42.3 Å². The fourth-order valence-corrected chi connectivity index (χ4v) is 2.75. The van der Waals surface area contributed by atoms with Gasteiger partial charge in [-0.3, -0.25) is 4.79 Å². The Kier molecular flexibility index (Phi) is 4.44. The Labute approximate surface area is 141 Å². The number of amides is 1. The van der Waals surface area contributed by atoms with Gasteiger partial charge in [0.25, 0.3) is 0 Å². The third-order valence-corrected chi connectivity index (χ3v) is 4.81. The van der Waals surface area contributed by atoms with E-state index < -0.39 is 0 Å². The van der Waals surface area contributed by atoms with Crippen molar-refractivity contribution < 1.29 is 9.32 Å². The molecule has 1 saturated carbocycles. The summed E-state index contributed by atoms with van der Waals surface area (Å²) in [7, 11) is 0. The van der Waals surface area contributed by atoms with Crippen molar-refractivity contribution in [2.45, 2.75) is 46.1 Å². The number of hydrogen-bond acceptors (Lipinski definition) is 3. The van der Waals surface area contributed by atoms with Crippen molar-refractivity contribution in [1.82, 2.24) is 10.5 Å². The SMILES string of the molecule is Cc1cc(CCc2cc(CNC(=O)C3(C)CC3)ccc2Cl)no1. The molecule has 23 heavy (non-hydrogen) atoms. The fraction of sp³-hybridized carbons (Fsp3) is 0.444. The highest BCUT2D eigenvalue weighted by atomic mass is 35.5. The molecule has 0 radical (unpaired) electrons. The van der Waals surface area contributed by atoms with Crippen LogP contribution in [0.15, 0.2) is 28.8 Å². The first-order chi connectivity index (χ1) is 11.0. The van der Waals surface area contributed by atoms with E-state index in [1.807, 2.05) is 32.0 Å². The summed E-state index contributed by atoms with van der Waals surface area (Å²) < 4.78 is 5.08. The molecule has 0 aliphatic heterocycles. The summed E-state index contributed by atoms with van der Waals surface area (Å²) in [4.78, 5) is 12.0. The highest BCUT2D eigenvalue weighted by Crippen LogP contribution is 2.45. The van der Waals surface area contributed by atoms with Crippen molar-refractivity contribution in [2.24, 2.45) is 5.41 Å². The van der Waals surface area contributed by atoms with Crippen molar-refractivity contribution in [3.8, 4) is 0 Å². The third kappa shape index (κ3) is 3.94. The molecule has 1 aromatic carbocycles. The van der Waals surface area contributed by atoms with Gasteiger partial charge < -0.3 is 9.84 Å². The minimum Gasteiger partial charge on any atom is -0.361 e. The Morgan fingerprint density at radius 2 is 2.13 bits per heavy atom. The summed E-state index contributed by atoms with van der Waals surface area (Å²) >= 11 is 6.28. The Morgan fingerprint density at radius 1 is 1.35 bits per heavy atom. The van der Waals surface area contributed by atoms with Gasteiger partial charge in [0.2, 0.25) is 5.91 Å². The van der Waals surface area contributed by atoms with E-state index in [-0.39, 0.29) is 11.3 Å². The molecule has 4 nitrogen and oxygen atoms in total. The molecule has 5 heteroatoms. The molecule has 0 saturated heterocycles. The number of nitrogens with zero attached hydrogens (tertiary/aromatic N) is 1. The topological polar surface area (TPSA) is 55.1 Å². The van der Waals surface area contributed by atoms with Crippen LogP contribution in [0.2, 0.25) is 5.02 Å². The lowest BCUT2D eigenvalue weighted by atomic mass is 10.0. The Bertz CT molecular complexity index is 720. The van der Waals surface area contributed by atoms with Crippen LogP contribution in [0.4, 0.5) is 0 Å². The van der Waals surface area contributed by atoms with Crippen molar-refractivity contribution >= 4 is 17.5 Å². The molecule has 0 bridgehead atoms. The van der Waals surface area contributed by atoms with E-state index >= 15 is 0 Å². The number of carbonyl (C=O) groups is 1. The molecule has 1 aromatic heterocycles. The normalized spacial score (nSPS) is 15.4. The number of carbonyl (C=O) groups excluding carboxylic acids is 1. The van der Waals surface area contributed by atoms with Gasteiger partial charge in [-0.1, -0.05) is 35.8 Å². The molecule has 0 unspecified atom stereocenters. The zero-order valence-corrected chi connectivity index (χ0v) is 14.2. The Hall–Kier alpha value is -1.81. The maximum absolute atomic E-state index is 12.0. The van der Waals surface area contributed by atoms with Crippen LogP contribution in [0.3, 0.4) is 0 Å². The molecule has 1 aliphatic carbocycles. The maximum Gasteiger partial charge on any atom is 0.226 e. The van der Waals surface area contributed by atoms with Crippen LogP contribution in [-0.2, 0) is 24.2 Å². The largest absolute Gasteiger partial charge is 0.361 e. The summed E-state index contributed by atoms with van der Waals surface area (Å²) in [5.74, 6) is 0.961. The van der Waals surface area contributed by atoms with Crippen LogP contribution in [0, 0.1) is 12.3 Å². The van der Waals surface area contributed by atoms with Crippen LogP contribution < -0.4 is 5.32 Å². The predicted molar refractivity (Wildman–Crippen MR) is 89.3 cm³/mol. The second-order valence-electron chi connectivity index (χ2n) is 6.60. The van der Waals surface area contributed by atoms with Gasteiger partial charge in [0.05, 0.1) is 5.69 Å². The summed E-state index contributed by atoms with van der Waals surface area (Å²) in [6, 6.07) is 7.85. The van der Waals surface area contributed by atoms with Gasteiger partial charge in [-0.05, 0) is 49.8 Å². The summed E-state index contributed by atoms with van der Waals surface area (Å²) in [5, 5.41) is 7.76. The van der Waals surface area contributed by atoms with Gasteiger partial charge >= 0.3 is 0 Å². The molecule has 1 amide bonds. The molecule has 0 spiro atoms. The third-order valence-electron chi connectivity index (χ3n) is 4.44. The minimum absolute atomic E-state index is 0.139. The van der Waals surface area contributed by atoms with Crippen molar-refractivity contribution in [3.05, 3.63) is 51.9 Å². The lowest BCUT2D eigenvalue weighted by Crippen LogP contribution is -2.29. The van der Waals surface area contributed by atoms with Gasteiger partial charge in [0, 0.05) is 23.0 Å². The van der Waals surface area contributed by atoms with Crippen molar-refractivity contribution in [1.29, 1.82) is 0 Å². The van der Waals surface area contributed by atoms with E-state index in [2.05, 4.69) is 16.5 Å². The van der Waals surface area contributed by atoms with E-state index in [4.69, 9.17) is 16.1 Å². The summed E-state index contributed by atoms with van der Waals surface area (Å²) in [5.41, 5.74) is 2.93. The van der Waals surface area contributed by atoms with Crippen LogP contribution in [0.25, 0.3) is 0 Å². The molecule has 122 valence electrons. The molecule has 1 fully saturated rings. The Balaban J connectivity index is 1.60. The standard InChI is InChI=1S/C18H21ClN2O2/c1-12-9-15(21-23-12)5-4-14-10-13(3-6-16(14)19)11-20-17(22)18(2)7-8-18/h3,6,9-10H,4-5,7-8,11H2,1-2H3,(H,20,22). The van der Waals surface area contributed by atoms with E-state index in [1.165, 1.54) is 0 Å². The van der Waals surface area contributed by atoms with Crippen LogP contribution in [0.5, 0.6) is 0 Å². The fourth-order valence-electron chi connectivity index (χ4n) is 2.54. The van der Waals surface area contributed by atoms with Gasteiger partial charge in [-0.25, -0.2) is 0 Å². The second kappa shape index (κ2) is 6.36. The molecular formula is C18H21ClN2O2. The zero-order chi connectivity index (χ0) is 16.4. The number of nitrogens with one attached hydrogen (secondary N) is 1. The zero-order valence-electron chi connectivity index (χ0n) is 13.5. The number of aromatic nitrogens is 1. The first kappa shape index (κ1) is 16.1. The number of halogens is 1. The van der Waals surface area contributed by atoms with E-state index in [1.54, 1.807) is 0 Å². The molecule has 0 atom stereocenters. The lowest BCUT2D eigenvalue weighted by Gasteiger charge is -2.11. The van der Waals surface area contributed by atoms with E-state index in [0.29, 0.717) is 6.54 Å². The average Bonchev–Trinajstić information content (AvgIpc) is 3.15. The van der Waals surface area contributed by atoms with E-state index in [9.17, 15) is 4.79 Å². The van der Waals surface area contributed by atoms with Crippen LogP contribution >= 0.6 is 11.6 Å². The summed E-state index contributed by atoms with van der Waals surface area (Å²) in [6.45, 7) is 4.43. The minimum atomic E-state index is -0.139. The molecular weight excluding hydrogens is 312 g/mol. The molecule has 3 rings (SSSR count). The van der Waals surface area contributed by atoms with Crippen molar-refractivity contribution in [3.63, 3.8) is 0 Å². The smallest absolute Gasteiger partial charge is 0.226 e. The second-order valence-corrected chi connectivity index (χ2v) is 7.01. The Morgan fingerprint density at radius 3 is 2.78 bits per heavy atom.